The number of hydrogen-bond acceptors (Lipinski definition) is 5. The van der Waals surface area contributed by atoms with E-state index in [0.717, 1.165) is 32.1 Å². The minimum absolute atomic E-state index is 0.00270. The maximum absolute atomic E-state index is 13.1. The molecule has 8 heteroatoms. The zero-order valence-electron chi connectivity index (χ0n) is 20.6. The van der Waals surface area contributed by atoms with Crippen LogP contribution in [0.3, 0.4) is 0 Å². The monoisotopic (exact) mass is 522 g/mol. The molecule has 3 aliphatic rings. The van der Waals surface area contributed by atoms with Crippen LogP contribution in [0, 0.1) is 5.92 Å². The molecular weight excluding hydrogens is 492 g/mol. The summed E-state index contributed by atoms with van der Waals surface area (Å²) in [4.78, 5) is 27.2. The standard InChI is InChI=1S/C29H31ClN2O5/c30-21-11-15-24(16-12-21)36-25-17-13-23(14-18-25)32-27(20-7-3-1-4-8-20)26(37-29(32)34)19-35-28(33)31-22-9-5-2-6-10-22/h1,3-4,7,11-18,20,22,26-27H,2,5-6,8-10,19H2,(H,31,33)/t20?,26-,27-/m0/s1. The van der Waals surface area contributed by atoms with Gasteiger partial charge in [-0.25, -0.2) is 9.59 Å². The van der Waals surface area contributed by atoms with Gasteiger partial charge in [0.25, 0.3) is 0 Å². The highest BCUT2D eigenvalue weighted by molar-refractivity contribution is 6.30. The normalized spacial score (nSPS) is 23.5. The number of carbonyl (C=O) groups is 2. The van der Waals surface area contributed by atoms with Crippen LogP contribution in [0.5, 0.6) is 11.5 Å². The van der Waals surface area contributed by atoms with Gasteiger partial charge in [-0.15, -0.1) is 0 Å². The van der Waals surface area contributed by atoms with Crippen LogP contribution in [-0.2, 0) is 9.47 Å². The van der Waals surface area contributed by atoms with E-state index >= 15 is 0 Å². The van der Waals surface area contributed by atoms with Crippen LogP contribution in [0.1, 0.15) is 38.5 Å². The van der Waals surface area contributed by atoms with E-state index in [1.165, 1.54) is 6.42 Å². The van der Waals surface area contributed by atoms with Crippen LogP contribution in [-0.4, -0.2) is 37.0 Å². The number of benzene rings is 2. The Labute approximate surface area is 222 Å². The van der Waals surface area contributed by atoms with Crippen molar-refractivity contribution < 1.29 is 23.8 Å². The van der Waals surface area contributed by atoms with Crippen LogP contribution in [0.2, 0.25) is 5.02 Å². The van der Waals surface area contributed by atoms with Gasteiger partial charge in [0.2, 0.25) is 0 Å². The summed E-state index contributed by atoms with van der Waals surface area (Å²) >= 11 is 5.95. The average molecular weight is 523 g/mol. The van der Waals surface area contributed by atoms with Gasteiger partial charge in [0, 0.05) is 22.7 Å². The molecule has 2 fully saturated rings. The molecule has 0 spiro atoms. The number of halogens is 1. The lowest BCUT2D eigenvalue weighted by Crippen LogP contribution is -2.45. The zero-order valence-corrected chi connectivity index (χ0v) is 21.3. The first-order valence-corrected chi connectivity index (χ1v) is 13.2. The number of carbonyl (C=O) groups excluding carboxylic acids is 2. The molecular formula is C29H31ClN2O5. The Morgan fingerprint density at radius 1 is 1.00 bits per heavy atom. The van der Waals surface area contributed by atoms with E-state index in [1.807, 2.05) is 36.4 Å². The average Bonchev–Trinajstić information content (AvgIpc) is 3.26. The van der Waals surface area contributed by atoms with Crippen LogP contribution in [0.4, 0.5) is 15.3 Å². The summed E-state index contributed by atoms with van der Waals surface area (Å²) < 4.78 is 17.2. The summed E-state index contributed by atoms with van der Waals surface area (Å²) in [6, 6.07) is 14.2. The first kappa shape index (κ1) is 25.2. The highest BCUT2D eigenvalue weighted by Gasteiger charge is 2.46. The summed E-state index contributed by atoms with van der Waals surface area (Å²) in [6.45, 7) is -0.00270. The summed E-state index contributed by atoms with van der Waals surface area (Å²) in [7, 11) is 0. The fourth-order valence-electron chi connectivity index (χ4n) is 5.20. The largest absolute Gasteiger partial charge is 0.457 e. The van der Waals surface area contributed by atoms with Gasteiger partial charge in [-0.3, -0.25) is 4.90 Å². The van der Waals surface area contributed by atoms with E-state index in [9.17, 15) is 9.59 Å². The molecule has 0 bridgehead atoms. The van der Waals surface area contributed by atoms with E-state index in [1.54, 1.807) is 29.2 Å². The molecule has 2 aromatic carbocycles. The molecule has 2 amide bonds. The highest BCUT2D eigenvalue weighted by Crippen LogP contribution is 2.36. The van der Waals surface area contributed by atoms with Gasteiger partial charge >= 0.3 is 12.2 Å². The van der Waals surface area contributed by atoms with Crippen LogP contribution < -0.4 is 15.0 Å². The maximum Gasteiger partial charge on any atom is 0.415 e. The third-order valence-electron chi connectivity index (χ3n) is 7.05. The lowest BCUT2D eigenvalue weighted by Gasteiger charge is -2.31. The Hall–Kier alpha value is -3.45. The third-order valence-corrected chi connectivity index (χ3v) is 7.30. The maximum atomic E-state index is 13.1. The van der Waals surface area contributed by atoms with Crippen LogP contribution in [0.15, 0.2) is 72.8 Å². The van der Waals surface area contributed by atoms with E-state index in [-0.39, 0.29) is 24.6 Å². The SMILES string of the molecule is O=C(NC1CCCCC1)OC[C@@H]1OC(=O)N(c2ccc(Oc3ccc(Cl)cc3)cc2)[C@H]1C1C=CC=CC1. The van der Waals surface area contributed by atoms with Gasteiger partial charge < -0.3 is 19.5 Å². The summed E-state index contributed by atoms with van der Waals surface area (Å²) in [5, 5.41) is 3.60. The number of rotatable bonds is 7. The van der Waals surface area contributed by atoms with Gasteiger partial charge in [0.05, 0.1) is 6.04 Å². The van der Waals surface area contributed by atoms with Gasteiger partial charge in [-0.2, -0.15) is 0 Å². The lowest BCUT2D eigenvalue weighted by molar-refractivity contribution is 0.0562. The topological polar surface area (TPSA) is 77.1 Å². The zero-order chi connectivity index (χ0) is 25.6. The van der Waals surface area contributed by atoms with Gasteiger partial charge in [0.15, 0.2) is 6.10 Å². The highest BCUT2D eigenvalue weighted by atomic mass is 35.5. The van der Waals surface area contributed by atoms with Crippen molar-refractivity contribution in [1.82, 2.24) is 5.32 Å². The molecule has 2 aromatic rings. The molecule has 37 heavy (non-hydrogen) atoms. The number of amides is 2. The van der Waals surface area contributed by atoms with Gasteiger partial charge in [-0.05, 0) is 67.8 Å². The summed E-state index contributed by atoms with van der Waals surface area (Å²) in [5.41, 5.74) is 0.690. The first-order chi connectivity index (χ1) is 18.1. The molecule has 1 N–H and O–H groups in total. The summed E-state index contributed by atoms with van der Waals surface area (Å²) in [6.07, 6.45) is 12.8. The fourth-order valence-corrected chi connectivity index (χ4v) is 5.33. The van der Waals surface area contributed by atoms with Crippen LogP contribution >= 0.6 is 11.6 Å². The number of nitrogens with one attached hydrogen (secondary N) is 1. The predicted molar refractivity (Wildman–Crippen MR) is 142 cm³/mol. The Bertz CT molecular complexity index is 1140. The Morgan fingerprint density at radius 2 is 1.70 bits per heavy atom. The van der Waals surface area contributed by atoms with Crippen molar-refractivity contribution in [3.63, 3.8) is 0 Å². The van der Waals surface area contributed by atoms with Crippen molar-refractivity contribution in [3.05, 3.63) is 77.9 Å². The number of anilines is 1. The molecule has 1 heterocycles. The van der Waals surface area contributed by atoms with Crippen molar-refractivity contribution in [2.75, 3.05) is 11.5 Å². The Morgan fingerprint density at radius 3 is 2.38 bits per heavy atom. The van der Waals surface area contributed by atoms with Crippen molar-refractivity contribution in [1.29, 1.82) is 0 Å². The minimum atomic E-state index is -0.587. The number of cyclic esters (lactones) is 1. The molecule has 0 radical (unpaired) electrons. The quantitative estimate of drug-likeness (QED) is 0.423. The molecule has 1 aliphatic heterocycles. The predicted octanol–water partition coefficient (Wildman–Crippen LogP) is 7.02. The van der Waals surface area contributed by atoms with Crippen molar-refractivity contribution >= 4 is 29.5 Å². The van der Waals surface area contributed by atoms with Gasteiger partial charge in [0.1, 0.15) is 18.1 Å². The molecule has 1 unspecified atom stereocenters. The smallest absolute Gasteiger partial charge is 0.415 e. The molecule has 2 aliphatic carbocycles. The van der Waals surface area contributed by atoms with Crippen molar-refractivity contribution in [3.8, 4) is 11.5 Å². The second kappa shape index (κ2) is 11.7. The summed E-state index contributed by atoms with van der Waals surface area (Å²) in [5.74, 6) is 1.32. The fraction of sp³-hybridized carbons (Fsp3) is 0.379. The Balaban J connectivity index is 1.28. The third kappa shape index (κ3) is 6.28. The second-order valence-electron chi connectivity index (χ2n) is 9.62. The Kier molecular flexibility index (Phi) is 7.99. The molecule has 3 atom stereocenters. The van der Waals surface area contributed by atoms with Crippen molar-refractivity contribution in [2.45, 2.75) is 56.7 Å². The van der Waals surface area contributed by atoms with E-state index in [0.29, 0.717) is 22.2 Å². The second-order valence-corrected chi connectivity index (χ2v) is 10.1. The number of ether oxygens (including phenoxy) is 3. The number of hydrogen-bond donors (Lipinski definition) is 1. The lowest BCUT2D eigenvalue weighted by atomic mass is 9.88. The van der Waals surface area contributed by atoms with Crippen LogP contribution in [0.25, 0.3) is 0 Å². The molecule has 7 nitrogen and oxygen atoms in total. The number of allylic oxidation sites excluding steroid dienone is 3. The molecule has 1 saturated heterocycles. The molecule has 5 rings (SSSR count). The molecule has 1 saturated carbocycles. The van der Waals surface area contributed by atoms with E-state index < -0.39 is 18.3 Å². The first-order valence-electron chi connectivity index (χ1n) is 12.9. The van der Waals surface area contributed by atoms with Gasteiger partial charge in [-0.1, -0.05) is 55.2 Å². The molecule has 194 valence electrons. The van der Waals surface area contributed by atoms with E-state index in [2.05, 4.69) is 17.5 Å². The number of alkyl carbamates (subject to hydrolysis) is 1. The van der Waals surface area contributed by atoms with E-state index in [4.69, 9.17) is 25.8 Å². The number of nitrogens with zero attached hydrogens (tertiary/aromatic N) is 1. The van der Waals surface area contributed by atoms with Crippen molar-refractivity contribution in [2.24, 2.45) is 5.92 Å². The minimum Gasteiger partial charge on any atom is -0.457 e. The molecule has 0 aromatic heterocycles.